The van der Waals surface area contributed by atoms with Crippen molar-refractivity contribution in [2.75, 3.05) is 0 Å². The summed E-state index contributed by atoms with van der Waals surface area (Å²) in [5, 5.41) is 0. The van der Waals surface area contributed by atoms with E-state index in [1.807, 2.05) is 65.8 Å². The second-order valence-corrected chi connectivity index (χ2v) is 16.9. The molecule has 2 saturated carbocycles. The Kier molecular flexibility index (Phi) is 6.86. The molecule has 2 aromatic rings. The Morgan fingerprint density at radius 2 is 0.935 bits per heavy atom. The summed E-state index contributed by atoms with van der Waals surface area (Å²) in [6.07, 6.45) is 4.11. The van der Waals surface area contributed by atoms with E-state index < -0.39 is 44.8 Å². The van der Waals surface area contributed by atoms with E-state index >= 15 is 0 Å². The predicted octanol–water partition coefficient (Wildman–Crippen LogP) is 7.15. The van der Waals surface area contributed by atoms with Crippen LogP contribution in [0.4, 0.5) is 0 Å². The standard InChI is InChI=1S/C36H38Br2O8/c1-31(2)33(5)11-13-35(31,45-27(33)39)29(41)43-25-17-19-7-8-20-18-26(22(16-24(20)38)10-9-21(25)15-23(19)37)44-30(42)36-14-12-34(6,28(40)46-36)32(36,3)4/h15-18H,7-14H2,1-6H3/t33-,34-,35+,36+/m0/s1. The zero-order chi connectivity index (χ0) is 33.2. The largest absolute Gasteiger partial charge is 0.446 e. The Morgan fingerprint density at radius 1 is 0.587 bits per heavy atom. The molecule has 2 heterocycles. The minimum absolute atomic E-state index is 0.354. The lowest BCUT2D eigenvalue weighted by atomic mass is 9.66. The third-order valence-electron chi connectivity index (χ3n) is 13.0. The lowest BCUT2D eigenvalue weighted by Crippen LogP contribution is -2.50. The highest BCUT2D eigenvalue weighted by Gasteiger charge is 2.77. The van der Waals surface area contributed by atoms with Crippen molar-refractivity contribution < 1.29 is 38.1 Å². The average Bonchev–Trinajstić information content (AvgIpc) is 3.45. The lowest BCUT2D eigenvalue weighted by molar-refractivity contribution is -0.176. The molecule has 6 aliphatic carbocycles. The maximum Gasteiger partial charge on any atom is 0.356 e. The molecule has 0 N–H and O–H groups in total. The summed E-state index contributed by atoms with van der Waals surface area (Å²) < 4.78 is 25.8. The number of benzene rings is 2. The second kappa shape index (κ2) is 9.91. The molecular weight excluding hydrogens is 720 g/mol. The monoisotopic (exact) mass is 756 g/mol. The molecule has 0 radical (unpaired) electrons. The maximum atomic E-state index is 13.9. The lowest BCUT2D eigenvalue weighted by Gasteiger charge is -2.34. The van der Waals surface area contributed by atoms with Crippen molar-refractivity contribution in [1.29, 1.82) is 0 Å². The smallest absolute Gasteiger partial charge is 0.356 e. The van der Waals surface area contributed by atoms with Crippen LogP contribution in [0.15, 0.2) is 33.2 Å². The molecule has 8 bridgehead atoms. The zero-order valence-electron chi connectivity index (χ0n) is 27.0. The highest BCUT2D eigenvalue weighted by Crippen LogP contribution is 2.67. The van der Waals surface area contributed by atoms with Crippen LogP contribution in [-0.2, 0) is 54.3 Å². The van der Waals surface area contributed by atoms with Crippen molar-refractivity contribution in [3.63, 3.8) is 0 Å². The number of esters is 4. The van der Waals surface area contributed by atoms with Crippen LogP contribution in [0.2, 0.25) is 0 Å². The Bertz CT molecular complexity index is 1630. The number of rotatable bonds is 4. The van der Waals surface area contributed by atoms with E-state index in [9.17, 15) is 19.2 Å². The van der Waals surface area contributed by atoms with Gasteiger partial charge in [0.1, 0.15) is 11.5 Å². The number of carbonyl (C=O) groups excluding carboxylic acids is 4. The van der Waals surface area contributed by atoms with E-state index in [0.717, 1.165) is 31.2 Å². The SMILES string of the molecule is CC1(C)[C@@]2(C)CC[C@]1(C(=O)Oc1cc3c(Br)cc1CCc1cc(Br)c(cc1OC(=O)[C@@]14CC[C@@](C)(C(=O)O1)C4(C)C)CC3)OC2=O. The van der Waals surface area contributed by atoms with Gasteiger partial charge in [-0.15, -0.1) is 0 Å². The summed E-state index contributed by atoms with van der Waals surface area (Å²) in [5.41, 5.74) is -2.15. The van der Waals surface area contributed by atoms with Crippen molar-refractivity contribution >= 4 is 55.7 Å². The molecule has 0 aromatic heterocycles. The molecule has 0 amide bonds. The Hall–Kier alpha value is -2.72. The molecule has 0 unspecified atom stereocenters. The van der Waals surface area contributed by atoms with Gasteiger partial charge in [0.25, 0.3) is 0 Å². The van der Waals surface area contributed by atoms with Crippen molar-refractivity contribution in [3.05, 3.63) is 55.5 Å². The van der Waals surface area contributed by atoms with E-state index in [-0.39, 0.29) is 11.9 Å². The summed E-state index contributed by atoms with van der Waals surface area (Å²) >= 11 is 7.45. The van der Waals surface area contributed by atoms with Gasteiger partial charge < -0.3 is 18.9 Å². The Labute approximate surface area is 285 Å². The second-order valence-electron chi connectivity index (χ2n) is 15.2. The fourth-order valence-corrected chi connectivity index (χ4v) is 9.72. The van der Waals surface area contributed by atoms with Gasteiger partial charge in [-0.2, -0.15) is 0 Å². The van der Waals surface area contributed by atoms with E-state index in [1.54, 1.807) is 0 Å². The van der Waals surface area contributed by atoms with Crippen LogP contribution in [0, 0.1) is 21.7 Å². The predicted molar refractivity (Wildman–Crippen MR) is 174 cm³/mol. The van der Waals surface area contributed by atoms with E-state index in [4.69, 9.17) is 18.9 Å². The van der Waals surface area contributed by atoms with Gasteiger partial charge in [0.2, 0.25) is 11.2 Å². The number of halogens is 2. The van der Waals surface area contributed by atoms with Crippen LogP contribution in [0.3, 0.4) is 0 Å². The van der Waals surface area contributed by atoms with Crippen LogP contribution < -0.4 is 9.47 Å². The van der Waals surface area contributed by atoms with Gasteiger partial charge in [-0.1, -0.05) is 59.6 Å². The first-order valence-corrected chi connectivity index (χ1v) is 17.6. The first-order chi connectivity index (χ1) is 21.4. The van der Waals surface area contributed by atoms with E-state index in [0.29, 0.717) is 62.9 Å². The molecule has 2 aliphatic heterocycles. The first kappa shape index (κ1) is 31.9. The molecule has 2 aromatic carbocycles. The van der Waals surface area contributed by atoms with Crippen LogP contribution in [-0.4, -0.2) is 35.1 Å². The first-order valence-electron chi connectivity index (χ1n) is 16.0. The third-order valence-corrected chi connectivity index (χ3v) is 14.5. The van der Waals surface area contributed by atoms with Gasteiger partial charge in [0.05, 0.1) is 10.8 Å². The summed E-state index contributed by atoms with van der Waals surface area (Å²) in [5.74, 6) is -0.944. The number of ether oxygens (including phenoxy) is 4. The number of hydrogen-bond acceptors (Lipinski definition) is 8. The summed E-state index contributed by atoms with van der Waals surface area (Å²) in [7, 11) is 0. The van der Waals surface area contributed by atoms with Crippen molar-refractivity contribution in [3.8, 4) is 11.5 Å². The van der Waals surface area contributed by atoms with Gasteiger partial charge in [-0.25, -0.2) is 9.59 Å². The minimum Gasteiger partial charge on any atom is -0.446 e. The molecule has 4 fully saturated rings. The van der Waals surface area contributed by atoms with Crippen molar-refractivity contribution in [2.45, 2.75) is 104 Å². The Balaban J connectivity index is 1.20. The van der Waals surface area contributed by atoms with Crippen LogP contribution >= 0.6 is 31.9 Å². The fraction of sp³-hybridized carbons (Fsp3) is 0.556. The van der Waals surface area contributed by atoms with Crippen molar-refractivity contribution in [1.82, 2.24) is 0 Å². The molecule has 8 aliphatic rings. The summed E-state index contributed by atoms with van der Waals surface area (Å²) in [4.78, 5) is 53.6. The molecule has 10 rings (SSSR count). The minimum atomic E-state index is -1.34. The fourth-order valence-electron chi connectivity index (χ4n) is 8.55. The molecule has 2 saturated heterocycles. The maximum absolute atomic E-state index is 13.9. The zero-order valence-corrected chi connectivity index (χ0v) is 30.2. The van der Waals surface area contributed by atoms with Gasteiger partial charge in [0.15, 0.2) is 0 Å². The molecule has 46 heavy (non-hydrogen) atoms. The molecular formula is C36H38Br2O8. The van der Waals surface area contributed by atoms with Gasteiger partial charge in [0, 0.05) is 19.8 Å². The third kappa shape index (κ3) is 3.89. The van der Waals surface area contributed by atoms with Crippen molar-refractivity contribution in [2.24, 2.45) is 21.7 Å². The highest BCUT2D eigenvalue weighted by molar-refractivity contribution is 9.10. The number of aryl methyl sites for hydroxylation is 4. The van der Waals surface area contributed by atoms with Crippen LogP contribution in [0.5, 0.6) is 11.5 Å². The topological polar surface area (TPSA) is 105 Å². The number of carbonyl (C=O) groups is 4. The van der Waals surface area contributed by atoms with Gasteiger partial charge in [-0.3, -0.25) is 9.59 Å². The number of hydrogen-bond donors (Lipinski definition) is 0. The normalized spacial score (nSPS) is 33.0. The number of fused-ring (bicyclic) bond motifs is 4. The van der Waals surface area contributed by atoms with Gasteiger partial charge >= 0.3 is 23.9 Å². The highest BCUT2D eigenvalue weighted by atomic mass is 79.9. The quantitative estimate of drug-likeness (QED) is 0.239. The molecule has 0 spiro atoms. The van der Waals surface area contributed by atoms with Gasteiger partial charge in [-0.05, 0) is 112 Å². The van der Waals surface area contributed by atoms with Crippen LogP contribution in [0.1, 0.15) is 89.5 Å². The van der Waals surface area contributed by atoms with E-state index in [2.05, 4.69) is 31.9 Å². The summed E-state index contributed by atoms with van der Waals surface area (Å²) in [6.45, 7) is 11.4. The van der Waals surface area contributed by atoms with E-state index in [1.165, 1.54) is 0 Å². The Morgan fingerprint density at radius 3 is 1.24 bits per heavy atom. The average molecular weight is 758 g/mol. The molecule has 10 heteroatoms. The molecule has 4 atom stereocenters. The van der Waals surface area contributed by atoms with Crippen LogP contribution in [0.25, 0.3) is 0 Å². The molecule has 8 nitrogen and oxygen atoms in total. The molecule has 244 valence electrons. The summed E-state index contributed by atoms with van der Waals surface area (Å²) in [6, 6.07) is 7.77.